The van der Waals surface area contributed by atoms with Crippen LogP contribution in [0.1, 0.15) is 58.2 Å². The van der Waals surface area contributed by atoms with Crippen LogP contribution in [-0.2, 0) is 11.3 Å². The lowest BCUT2D eigenvalue weighted by Gasteiger charge is -2.57. The van der Waals surface area contributed by atoms with Crippen molar-refractivity contribution < 1.29 is 4.74 Å². The van der Waals surface area contributed by atoms with Crippen LogP contribution in [0.5, 0.6) is 0 Å². The van der Waals surface area contributed by atoms with Crippen LogP contribution in [0.15, 0.2) is 29.4 Å². The summed E-state index contributed by atoms with van der Waals surface area (Å²) in [4.78, 5) is 4.81. The molecule has 0 amide bonds. The van der Waals surface area contributed by atoms with E-state index in [1.54, 1.807) is 0 Å². The summed E-state index contributed by atoms with van der Waals surface area (Å²) in [6.07, 6.45) is 9.90. The molecule has 28 heavy (non-hydrogen) atoms. The third kappa shape index (κ3) is 3.60. The second-order valence-corrected chi connectivity index (χ2v) is 7.91. The van der Waals surface area contributed by atoms with E-state index in [-0.39, 0.29) is 5.41 Å². The SMILES string of the molecule is CCNC(=NCc1nnc2ccccn12)NC1CC(OCC)C12CCCCC2. The summed E-state index contributed by atoms with van der Waals surface area (Å²) in [6.45, 7) is 6.33. The van der Waals surface area contributed by atoms with Gasteiger partial charge in [0.1, 0.15) is 6.54 Å². The molecule has 2 aromatic heterocycles. The normalized spacial score (nSPS) is 24.3. The predicted molar refractivity (Wildman–Crippen MR) is 110 cm³/mol. The fourth-order valence-electron chi connectivity index (χ4n) is 4.90. The van der Waals surface area contributed by atoms with Gasteiger partial charge in [0, 0.05) is 30.8 Å². The molecular formula is C21H32N6O. The van der Waals surface area contributed by atoms with Crippen molar-refractivity contribution in [3.8, 4) is 0 Å². The first-order valence-electron chi connectivity index (χ1n) is 10.7. The van der Waals surface area contributed by atoms with Crippen LogP contribution in [0, 0.1) is 5.41 Å². The van der Waals surface area contributed by atoms with Crippen molar-refractivity contribution in [3.05, 3.63) is 30.2 Å². The van der Waals surface area contributed by atoms with Gasteiger partial charge in [-0.2, -0.15) is 0 Å². The van der Waals surface area contributed by atoms with E-state index >= 15 is 0 Å². The highest BCUT2D eigenvalue weighted by molar-refractivity contribution is 5.80. The molecule has 2 aromatic rings. The van der Waals surface area contributed by atoms with Crippen LogP contribution < -0.4 is 10.6 Å². The zero-order valence-electron chi connectivity index (χ0n) is 17.0. The fourth-order valence-corrected chi connectivity index (χ4v) is 4.90. The first kappa shape index (κ1) is 19.2. The van der Waals surface area contributed by atoms with Gasteiger partial charge in [0.05, 0.1) is 6.10 Å². The second kappa shape index (κ2) is 8.47. The Hall–Kier alpha value is -2.15. The molecule has 2 fully saturated rings. The molecule has 7 nitrogen and oxygen atoms in total. The summed E-state index contributed by atoms with van der Waals surface area (Å²) in [6, 6.07) is 6.34. The van der Waals surface area contributed by atoms with Gasteiger partial charge in [0.2, 0.25) is 0 Å². The van der Waals surface area contributed by atoms with Gasteiger partial charge in [-0.15, -0.1) is 10.2 Å². The largest absolute Gasteiger partial charge is 0.378 e. The third-order valence-electron chi connectivity index (χ3n) is 6.36. The Kier molecular flexibility index (Phi) is 5.80. The average molecular weight is 385 g/mol. The number of guanidine groups is 1. The number of pyridine rings is 1. The number of nitrogens with one attached hydrogen (secondary N) is 2. The van der Waals surface area contributed by atoms with E-state index in [4.69, 9.17) is 9.73 Å². The van der Waals surface area contributed by atoms with E-state index in [0.29, 0.717) is 18.7 Å². The van der Waals surface area contributed by atoms with Gasteiger partial charge >= 0.3 is 0 Å². The van der Waals surface area contributed by atoms with Gasteiger partial charge in [-0.05, 0) is 45.2 Å². The maximum atomic E-state index is 6.09. The molecule has 0 bridgehead atoms. The highest BCUT2D eigenvalue weighted by Gasteiger charge is 2.55. The summed E-state index contributed by atoms with van der Waals surface area (Å²) < 4.78 is 8.08. The molecule has 4 rings (SSSR count). The van der Waals surface area contributed by atoms with Crippen molar-refractivity contribution in [2.45, 2.75) is 71.1 Å². The molecule has 0 aliphatic heterocycles. The van der Waals surface area contributed by atoms with Crippen LogP contribution in [0.25, 0.3) is 5.65 Å². The fraction of sp³-hybridized carbons (Fsp3) is 0.667. The highest BCUT2D eigenvalue weighted by atomic mass is 16.5. The van der Waals surface area contributed by atoms with Crippen LogP contribution in [0.3, 0.4) is 0 Å². The second-order valence-electron chi connectivity index (χ2n) is 7.91. The molecule has 7 heteroatoms. The molecule has 0 aromatic carbocycles. The van der Waals surface area contributed by atoms with E-state index in [1.807, 2.05) is 28.8 Å². The summed E-state index contributed by atoms with van der Waals surface area (Å²) >= 11 is 0. The number of ether oxygens (including phenoxy) is 1. The van der Waals surface area contributed by atoms with E-state index in [2.05, 4.69) is 34.7 Å². The number of aliphatic imine (C=N–C) groups is 1. The number of fused-ring (bicyclic) bond motifs is 1. The van der Waals surface area contributed by atoms with Gasteiger partial charge < -0.3 is 15.4 Å². The Morgan fingerprint density at radius 1 is 1.25 bits per heavy atom. The minimum atomic E-state index is 0.270. The molecule has 2 N–H and O–H groups in total. The number of hydrogen-bond donors (Lipinski definition) is 2. The molecule has 2 saturated carbocycles. The minimum absolute atomic E-state index is 0.270. The molecule has 0 radical (unpaired) electrons. The van der Waals surface area contributed by atoms with Crippen molar-refractivity contribution in [3.63, 3.8) is 0 Å². The highest BCUT2D eigenvalue weighted by Crippen LogP contribution is 2.53. The van der Waals surface area contributed by atoms with Crippen LogP contribution in [0.2, 0.25) is 0 Å². The van der Waals surface area contributed by atoms with Gasteiger partial charge in [0.15, 0.2) is 17.4 Å². The molecule has 152 valence electrons. The quantitative estimate of drug-likeness (QED) is 0.592. The number of nitrogens with zero attached hydrogens (tertiary/aromatic N) is 4. The van der Waals surface area contributed by atoms with Gasteiger partial charge in [-0.3, -0.25) is 4.40 Å². The Balaban J connectivity index is 1.48. The summed E-state index contributed by atoms with van der Waals surface area (Å²) in [7, 11) is 0. The number of hydrogen-bond acceptors (Lipinski definition) is 4. The van der Waals surface area contributed by atoms with Crippen molar-refractivity contribution in [2.75, 3.05) is 13.2 Å². The summed E-state index contributed by atoms with van der Waals surface area (Å²) in [5.41, 5.74) is 1.12. The van der Waals surface area contributed by atoms with E-state index < -0.39 is 0 Å². The third-order valence-corrected chi connectivity index (χ3v) is 6.36. The van der Waals surface area contributed by atoms with Crippen molar-refractivity contribution in [1.29, 1.82) is 0 Å². The maximum Gasteiger partial charge on any atom is 0.191 e. The lowest BCUT2D eigenvalue weighted by Crippen LogP contribution is -2.66. The predicted octanol–water partition coefficient (Wildman–Crippen LogP) is 2.91. The van der Waals surface area contributed by atoms with Crippen LogP contribution >= 0.6 is 0 Å². The smallest absolute Gasteiger partial charge is 0.191 e. The molecule has 2 atom stereocenters. The van der Waals surface area contributed by atoms with Gasteiger partial charge in [0.25, 0.3) is 0 Å². The van der Waals surface area contributed by atoms with Crippen molar-refractivity contribution in [1.82, 2.24) is 25.2 Å². The van der Waals surface area contributed by atoms with Gasteiger partial charge in [-0.1, -0.05) is 25.3 Å². The summed E-state index contributed by atoms with van der Waals surface area (Å²) in [5.74, 6) is 1.71. The molecular weight excluding hydrogens is 352 g/mol. The lowest BCUT2D eigenvalue weighted by atomic mass is 9.55. The zero-order valence-corrected chi connectivity index (χ0v) is 17.0. The van der Waals surface area contributed by atoms with E-state index in [9.17, 15) is 0 Å². The molecule has 2 aliphatic rings. The topological polar surface area (TPSA) is 75.8 Å². The minimum Gasteiger partial charge on any atom is -0.378 e. The Labute approximate surface area is 167 Å². The molecule has 0 saturated heterocycles. The molecule has 2 unspecified atom stereocenters. The van der Waals surface area contributed by atoms with Gasteiger partial charge in [-0.25, -0.2) is 4.99 Å². The zero-order chi connectivity index (χ0) is 19.4. The molecule has 2 heterocycles. The Morgan fingerprint density at radius 3 is 2.89 bits per heavy atom. The van der Waals surface area contributed by atoms with E-state index in [1.165, 1.54) is 32.1 Å². The Bertz CT molecular complexity index is 810. The lowest BCUT2D eigenvalue weighted by molar-refractivity contribution is -0.145. The molecule has 2 aliphatic carbocycles. The Morgan fingerprint density at radius 2 is 2.11 bits per heavy atom. The first-order chi connectivity index (χ1) is 13.8. The van der Waals surface area contributed by atoms with Crippen molar-refractivity contribution >= 4 is 11.6 Å². The van der Waals surface area contributed by atoms with E-state index in [0.717, 1.165) is 37.0 Å². The average Bonchev–Trinajstić information content (AvgIpc) is 3.15. The molecule has 1 spiro atoms. The number of aromatic nitrogens is 3. The van der Waals surface area contributed by atoms with Crippen LogP contribution in [-0.4, -0.2) is 45.9 Å². The van der Waals surface area contributed by atoms with Crippen LogP contribution in [0.4, 0.5) is 0 Å². The first-order valence-corrected chi connectivity index (χ1v) is 10.7. The summed E-state index contributed by atoms with van der Waals surface area (Å²) in [5, 5.41) is 15.6. The van der Waals surface area contributed by atoms with Crippen molar-refractivity contribution in [2.24, 2.45) is 10.4 Å². The standard InChI is InChI=1S/C21H32N6O/c1-3-22-20(23-15-19-26-25-18-10-6-9-13-27(18)19)24-16-14-17(28-4-2)21(16)11-7-5-8-12-21/h6,9-10,13,16-17H,3-5,7-8,11-12,14-15H2,1-2H3,(H2,22,23,24). The number of rotatable bonds is 6. The monoisotopic (exact) mass is 384 g/mol. The maximum absolute atomic E-state index is 6.09.